The van der Waals surface area contributed by atoms with Gasteiger partial charge < -0.3 is 9.30 Å². The summed E-state index contributed by atoms with van der Waals surface area (Å²) in [6, 6.07) is 2.53. The molecule has 1 aliphatic heterocycles. The number of alkyl halides is 3. The van der Waals surface area contributed by atoms with E-state index in [1.807, 2.05) is 13.8 Å². The fourth-order valence-electron chi connectivity index (χ4n) is 3.22. The Labute approximate surface area is 133 Å². The average molecular weight is 326 g/mol. The second kappa shape index (κ2) is 5.49. The summed E-state index contributed by atoms with van der Waals surface area (Å²) in [6.07, 6.45) is -1.39. The number of halogens is 3. The monoisotopic (exact) mass is 326 g/mol. The van der Waals surface area contributed by atoms with Crippen molar-refractivity contribution in [3.8, 4) is 0 Å². The van der Waals surface area contributed by atoms with Crippen molar-refractivity contribution < 1.29 is 13.2 Å². The molecule has 1 aliphatic rings. The van der Waals surface area contributed by atoms with Gasteiger partial charge in [0.15, 0.2) is 0 Å². The van der Waals surface area contributed by atoms with Crippen LogP contribution in [-0.4, -0.2) is 52.4 Å². The Morgan fingerprint density at radius 2 is 1.74 bits per heavy atom. The number of hydrogen-bond donors (Lipinski definition) is 0. The zero-order chi connectivity index (χ0) is 16.8. The Hall–Kier alpha value is -1.60. The lowest BCUT2D eigenvalue weighted by Crippen LogP contribution is -2.52. The Morgan fingerprint density at radius 3 is 2.35 bits per heavy atom. The van der Waals surface area contributed by atoms with Gasteiger partial charge in [-0.2, -0.15) is 13.2 Å². The molecule has 0 spiro atoms. The van der Waals surface area contributed by atoms with Crippen molar-refractivity contribution >= 4 is 5.52 Å². The minimum Gasteiger partial charge on any atom is -0.304 e. The number of hydrogen-bond acceptors (Lipinski definition) is 3. The van der Waals surface area contributed by atoms with Gasteiger partial charge in [0, 0.05) is 32.4 Å². The topological polar surface area (TPSA) is 23.8 Å². The summed E-state index contributed by atoms with van der Waals surface area (Å²) in [5, 5.41) is 0. The van der Waals surface area contributed by atoms with Crippen molar-refractivity contribution in [1.29, 1.82) is 0 Å². The van der Waals surface area contributed by atoms with Crippen LogP contribution in [0.5, 0.6) is 0 Å². The maximum absolute atomic E-state index is 13.2. The number of imidazole rings is 1. The normalized spacial score (nSPS) is 18.7. The highest BCUT2D eigenvalue weighted by molar-refractivity contribution is 5.56. The van der Waals surface area contributed by atoms with Gasteiger partial charge in [0.05, 0.1) is 22.8 Å². The summed E-state index contributed by atoms with van der Waals surface area (Å²) in [6.45, 7) is 7.68. The summed E-state index contributed by atoms with van der Waals surface area (Å²) in [4.78, 5) is 8.87. The van der Waals surface area contributed by atoms with Crippen LogP contribution in [0.2, 0.25) is 0 Å². The van der Waals surface area contributed by atoms with Gasteiger partial charge in [-0.05, 0) is 33.0 Å². The molecule has 0 atom stereocenters. The first-order valence-electron chi connectivity index (χ1n) is 7.68. The van der Waals surface area contributed by atoms with E-state index in [1.165, 1.54) is 12.3 Å². The molecule has 3 rings (SSSR count). The predicted molar refractivity (Wildman–Crippen MR) is 82.3 cm³/mol. The third-order valence-electron chi connectivity index (χ3n) is 4.72. The largest absolute Gasteiger partial charge is 0.418 e. The van der Waals surface area contributed by atoms with E-state index in [4.69, 9.17) is 0 Å². The molecule has 1 fully saturated rings. The van der Waals surface area contributed by atoms with Gasteiger partial charge in [-0.3, -0.25) is 4.90 Å². The van der Waals surface area contributed by atoms with Crippen LogP contribution in [0.25, 0.3) is 5.52 Å². The summed E-state index contributed by atoms with van der Waals surface area (Å²) in [5.41, 5.74) is -0.970. The average Bonchev–Trinajstić information content (AvgIpc) is 2.91. The van der Waals surface area contributed by atoms with E-state index >= 15 is 0 Å². The first kappa shape index (κ1) is 16.3. The van der Waals surface area contributed by atoms with Gasteiger partial charge in [-0.15, -0.1) is 0 Å². The SMILES string of the molecule is CN1CCN(C(C)(C)c2ncc3c(C(F)(F)F)cccn23)CC1. The molecule has 0 saturated carbocycles. The molecule has 0 radical (unpaired) electrons. The van der Waals surface area contributed by atoms with Crippen molar-refractivity contribution in [3.05, 3.63) is 35.9 Å². The number of aromatic nitrogens is 2. The minimum atomic E-state index is -4.38. The predicted octanol–water partition coefficient (Wildman–Crippen LogP) is 2.84. The van der Waals surface area contributed by atoms with E-state index < -0.39 is 17.3 Å². The Morgan fingerprint density at radius 1 is 1.09 bits per heavy atom. The molecule has 4 nitrogen and oxygen atoms in total. The van der Waals surface area contributed by atoms with Gasteiger partial charge in [-0.25, -0.2) is 4.98 Å². The highest BCUT2D eigenvalue weighted by atomic mass is 19.4. The lowest BCUT2D eigenvalue weighted by atomic mass is 10.0. The van der Waals surface area contributed by atoms with E-state index in [0.717, 1.165) is 32.2 Å². The third-order valence-corrected chi connectivity index (χ3v) is 4.72. The van der Waals surface area contributed by atoms with Gasteiger partial charge in [0.2, 0.25) is 0 Å². The maximum Gasteiger partial charge on any atom is 0.418 e. The number of rotatable bonds is 2. The summed E-state index contributed by atoms with van der Waals surface area (Å²) in [7, 11) is 2.07. The summed E-state index contributed by atoms with van der Waals surface area (Å²) >= 11 is 0. The van der Waals surface area contributed by atoms with Crippen LogP contribution in [0.4, 0.5) is 13.2 Å². The lowest BCUT2D eigenvalue weighted by molar-refractivity contribution is -0.136. The van der Waals surface area contributed by atoms with Gasteiger partial charge >= 0.3 is 6.18 Å². The standard InChI is InChI=1S/C16H21F3N4/c1-15(2,22-9-7-21(3)8-10-22)14-20-11-13-12(16(17,18)19)5-4-6-23(13)14/h4-6,11H,7-10H2,1-3H3. The highest BCUT2D eigenvalue weighted by Crippen LogP contribution is 2.35. The molecule has 23 heavy (non-hydrogen) atoms. The Balaban J connectivity index is 2.03. The van der Waals surface area contributed by atoms with E-state index in [0.29, 0.717) is 5.82 Å². The van der Waals surface area contributed by atoms with Crippen LogP contribution < -0.4 is 0 Å². The second-order valence-corrected chi connectivity index (χ2v) is 6.61. The second-order valence-electron chi connectivity index (χ2n) is 6.61. The molecular weight excluding hydrogens is 305 g/mol. The number of piperazine rings is 1. The molecule has 126 valence electrons. The zero-order valence-corrected chi connectivity index (χ0v) is 13.6. The van der Waals surface area contributed by atoms with Crippen molar-refractivity contribution in [2.24, 2.45) is 0 Å². The first-order valence-corrected chi connectivity index (χ1v) is 7.68. The van der Waals surface area contributed by atoms with Gasteiger partial charge in [-0.1, -0.05) is 0 Å². The van der Waals surface area contributed by atoms with Crippen LogP contribution in [0.1, 0.15) is 25.2 Å². The van der Waals surface area contributed by atoms with Crippen LogP contribution in [-0.2, 0) is 11.7 Å². The van der Waals surface area contributed by atoms with E-state index in [2.05, 4.69) is 21.8 Å². The number of likely N-dealkylation sites (N-methyl/N-ethyl adjacent to an activating group) is 1. The fraction of sp³-hybridized carbons (Fsp3) is 0.562. The molecule has 0 N–H and O–H groups in total. The zero-order valence-electron chi connectivity index (χ0n) is 13.6. The quantitative estimate of drug-likeness (QED) is 0.848. The highest BCUT2D eigenvalue weighted by Gasteiger charge is 2.37. The van der Waals surface area contributed by atoms with E-state index in [-0.39, 0.29) is 5.52 Å². The van der Waals surface area contributed by atoms with Gasteiger partial charge in [0.1, 0.15) is 5.82 Å². The molecule has 0 aromatic carbocycles. The number of nitrogens with zero attached hydrogens (tertiary/aromatic N) is 4. The molecule has 0 amide bonds. The smallest absolute Gasteiger partial charge is 0.304 e. The van der Waals surface area contributed by atoms with Crippen LogP contribution in [0.3, 0.4) is 0 Å². The molecular formula is C16H21F3N4. The molecule has 2 aromatic heterocycles. The van der Waals surface area contributed by atoms with E-state index in [1.54, 1.807) is 10.6 Å². The third kappa shape index (κ3) is 2.83. The molecule has 1 saturated heterocycles. The minimum absolute atomic E-state index is 0.109. The molecule has 7 heteroatoms. The van der Waals surface area contributed by atoms with Gasteiger partial charge in [0.25, 0.3) is 0 Å². The molecule has 3 heterocycles. The van der Waals surface area contributed by atoms with Crippen molar-refractivity contribution in [2.45, 2.75) is 25.6 Å². The van der Waals surface area contributed by atoms with Crippen molar-refractivity contribution in [3.63, 3.8) is 0 Å². The molecule has 0 bridgehead atoms. The maximum atomic E-state index is 13.2. The van der Waals surface area contributed by atoms with Crippen LogP contribution >= 0.6 is 0 Å². The summed E-state index contributed by atoms with van der Waals surface area (Å²) in [5.74, 6) is 0.642. The number of fused-ring (bicyclic) bond motifs is 1. The lowest BCUT2D eigenvalue weighted by Gasteiger charge is -2.42. The number of pyridine rings is 1. The van der Waals surface area contributed by atoms with E-state index in [9.17, 15) is 13.2 Å². The molecule has 0 aliphatic carbocycles. The molecule has 2 aromatic rings. The van der Waals surface area contributed by atoms with Crippen molar-refractivity contribution in [1.82, 2.24) is 19.2 Å². The Kier molecular flexibility index (Phi) is 3.88. The van der Waals surface area contributed by atoms with Crippen LogP contribution in [0, 0.1) is 0 Å². The molecule has 0 unspecified atom stereocenters. The fourth-order valence-corrected chi connectivity index (χ4v) is 3.22. The van der Waals surface area contributed by atoms with Crippen LogP contribution in [0.15, 0.2) is 24.5 Å². The van der Waals surface area contributed by atoms with Crippen molar-refractivity contribution in [2.75, 3.05) is 33.2 Å². The Bertz CT molecular complexity index is 697. The first-order chi connectivity index (χ1) is 10.7. The summed E-state index contributed by atoms with van der Waals surface area (Å²) < 4.78 is 41.1.